The summed E-state index contributed by atoms with van der Waals surface area (Å²) in [4.78, 5) is 14.1. The lowest BCUT2D eigenvalue weighted by atomic mass is 10.1. The van der Waals surface area contributed by atoms with Crippen LogP contribution in [0.25, 0.3) is 22.4 Å². The summed E-state index contributed by atoms with van der Waals surface area (Å²) in [7, 11) is 1.63. The number of imidazole rings is 1. The number of nitrogens with two attached hydrogens (primary N) is 1. The Morgan fingerprint density at radius 2 is 2.12 bits per heavy atom. The number of H-pyrrole nitrogens is 1. The van der Waals surface area contributed by atoms with Crippen LogP contribution < -0.4 is 15.8 Å². The fourth-order valence-corrected chi connectivity index (χ4v) is 4.32. The van der Waals surface area contributed by atoms with Gasteiger partial charge in [0.05, 0.1) is 25.5 Å². The molecular formula is C21H26N8O2S. The second kappa shape index (κ2) is 9.55. The van der Waals surface area contributed by atoms with E-state index in [9.17, 15) is 5.11 Å². The molecule has 0 amide bonds. The number of methoxy groups -OCH3 is 1. The van der Waals surface area contributed by atoms with Gasteiger partial charge in [-0.2, -0.15) is 5.10 Å². The first kappa shape index (κ1) is 22.1. The van der Waals surface area contributed by atoms with E-state index in [2.05, 4.69) is 25.5 Å². The largest absolute Gasteiger partial charge is 0.497 e. The van der Waals surface area contributed by atoms with Crippen LogP contribution in [0.15, 0.2) is 46.8 Å². The van der Waals surface area contributed by atoms with Gasteiger partial charge in [-0.1, -0.05) is 25.6 Å². The van der Waals surface area contributed by atoms with E-state index >= 15 is 0 Å². The van der Waals surface area contributed by atoms with Gasteiger partial charge in [0.15, 0.2) is 22.1 Å². The maximum Gasteiger partial charge on any atom is 0.175 e. The smallest absolute Gasteiger partial charge is 0.175 e. The summed E-state index contributed by atoms with van der Waals surface area (Å²) < 4.78 is 7.31. The molecule has 5 N–H and O–H groups in total. The van der Waals surface area contributed by atoms with Crippen LogP contribution in [0.4, 0.5) is 5.82 Å². The van der Waals surface area contributed by atoms with Gasteiger partial charge in [0.25, 0.3) is 0 Å². The number of anilines is 1. The molecule has 3 aromatic heterocycles. The predicted molar refractivity (Wildman–Crippen MR) is 124 cm³/mol. The Balaban J connectivity index is 1.75. The van der Waals surface area contributed by atoms with Gasteiger partial charge in [0, 0.05) is 29.2 Å². The Kier molecular flexibility index (Phi) is 6.58. The van der Waals surface area contributed by atoms with Gasteiger partial charge in [-0.25, -0.2) is 15.0 Å². The first-order valence-corrected chi connectivity index (χ1v) is 11.0. The van der Waals surface area contributed by atoms with Crippen molar-refractivity contribution in [3.05, 3.63) is 36.8 Å². The van der Waals surface area contributed by atoms with E-state index in [-0.39, 0.29) is 6.04 Å². The number of aromatic amines is 1. The Morgan fingerprint density at radius 1 is 1.28 bits per heavy atom. The number of aliphatic hydroxyl groups is 1. The molecule has 4 aromatic rings. The van der Waals surface area contributed by atoms with Crippen molar-refractivity contribution < 1.29 is 9.84 Å². The van der Waals surface area contributed by atoms with Crippen molar-refractivity contribution in [3.8, 4) is 17.0 Å². The Bertz CT molecular complexity index is 1190. The van der Waals surface area contributed by atoms with Crippen LogP contribution in [0, 0.1) is 0 Å². The molecule has 0 spiro atoms. The van der Waals surface area contributed by atoms with Crippen LogP contribution in [-0.4, -0.2) is 60.6 Å². The Morgan fingerprint density at radius 3 is 2.84 bits per heavy atom. The zero-order chi connectivity index (χ0) is 22.7. The third-order valence-electron chi connectivity index (χ3n) is 4.85. The number of rotatable bonds is 9. The average Bonchev–Trinajstić information content (AvgIpc) is 3.42. The molecule has 32 heavy (non-hydrogen) atoms. The molecule has 0 fully saturated rings. The number of aromatic nitrogens is 6. The molecule has 0 radical (unpaired) electrons. The summed E-state index contributed by atoms with van der Waals surface area (Å²) in [5.41, 5.74) is 8.88. The lowest BCUT2D eigenvalue weighted by molar-refractivity contribution is 0.147. The first-order chi connectivity index (χ1) is 15.5. The minimum Gasteiger partial charge on any atom is -0.497 e. The van der Waals surface area contributed by atoms with E-state index in [4.69, 9.17) is 15.5 Å². The third kappa shape index (κ3) is 4.69. The summed E-state index contributed by atoms with van der Waals surface area (Å²) in [5, 5.41) is 21.7. The minimum atomic E-state index is -0.638. The normalized spacial score (nSPS) is 12.5. The van der Waals surface area contributed by atoms with Crippen molar-refractivity contribution in [1.82, 2.24) is 35.0 Å². The van der Waals surface area contributed by atoms with Crippen LogP contribution in [-0.2, 0) is 6.54 Å². The second-order valence-electron chi connectivity index (χ2n) is 7.58. The van der Waals surface area contributed by atoms with Gasteiger partial charge >= 0.3 is 0 Å². The summed E-state index contributed by atoms with van der Waals surface area (Å²) in [6, 6.07) is 7.95. The van der Waals surface area contributed by atoms with Crippen molar-refractivity contribution in [2.75, 3.05) is 19.4 Å². The molecule has 10 nitrogen and oxygen atoms in total. The number of nitrogen functional groups attached to an aromatic ring is 1. The van der Waals surface area contributed by atoms with E-state index in [1.807, 2.05) is 42.7 Å². The Labute approximate surface area is 189 Å². The van der Waals surface area contributed by atoms with E-state index in [1.54, 1.807) is 13.3 Å². The highest BCUT2D eigenvalue weighted by atomic mass is 32.2. The lowest BCUT2D eigenvalue weighted by Gasteiger charge is -2.17. The van der Waals surface area contributed by atoms with Crippen molar-refractivity contribution in [2.45, 2.75) is 42.6 Å². The maximum atomic E-state index is 10.6. The molecule has 0 aliphatic carbocycles. The molecular weight excluding hydrogens is 428 g/mol. The van der Waals surface area contributed by atoms with Crippen LogP contribution in [0.1, 0.15) is 13.8 Å². The molecule has 4 rings (SSSR count). The van der Waals surface area contributed by atoms with Gasteiger partial charge in [0.1, 0.15) is 12.1 Å². The zero-order valence-corrected chi connectivity index (χ0v) is 18.9. The third-order valence-corrected chi connectivity index (χ3v) is 5.90. The number of nitrogens with one attached hydrogen (secondary N) is 2. The second-order valence-corrected chi connectivity index (χ2v) is 8.59. The van der Waals surface area contributed by atoms with E-state index < -0.39 is 6.10 Å². The molecule has 11 heteroatoms. The van der Waals surface area contributed by atoms with E-state index in [1.165, 1.54) is 18.1 Å². The van der Waals surface area contributed by atoms with Crippen LogP contribution in [0.3, 0.4) is 0 Å². The Hall–Kier alpha value is -3.15. The van der Waals surface area contributed by atoms with Crippen LogP contribution in [0.5, 0.6) is 5.75 Å². The summed E-state index contributed by atoms with van der Waals surface area (Å²) in [6.07, 6.45) is 2.54. The SMILES string of the molecule is COc1ccc(-c2cc[nH]n2)c(Sc2nc3c(N)ncnc3n2CC(O)CNC(C)C)c1. The van der Waals surface area contributed by atoms with Crippen LogP contribution >= 0.6 is 11.8 Å². The molecule has 0 bridgehead atoms. The first-order valence-electron chi connectivity index (χ1n) is 10.2. The summed E-state index contributed by atoms with van der Waals surface area (Å²) >= 11 is 1.43. The summed E-state index contributed by atoms with van der Waals surface area (Å²) in [6.45, 7) is 4.82. The quantitative estimate of drug-likeness (QED) is 0.300. The van der Waals surface area contributed by atoms with E-state index in [0.717, 1.165) is 21.9 Å². The number of fused-ring (bicyclic) bond motifs is 1. The summed E-state index contributed by atoms with van der Waals surface area (Å²) in [5.74, 6) is 1.01. The number of aliphatic hydroxyl groups excluding tert-OH is 1. The topological polar surface area (TPSA) is 140 Å². The highest BCUT2D eigenvalue weighted by Crippen LogP contribution is 2.38. The highest BCUT2D eigenvalue weighted by molar-refractivity contribution is 7.99. The van der Waals surface area contributed by atoms with Crippen LogP contribution in [0.2, 0.25) is 0 Å². The molecule has 0 saturated carbocycles. The average molecular weight is 455 g/mol. The zero-order valence-electron chi connectivity index (χ0n) is 18.1. The molecule has 0 aliphatic heterocycles. The molecule has 168 valence electrons. The molecule has 0 aliphatic rings. The molecule has 1 aromatic carbocycles. The van der Waals surface area contributed by atoms with Crippen molar-refractivity contribution >= 4 is 28.7 Å². The van der Waals surface area contributed by atoms with Crippen molar-refractivity contribution in [1.29, 1.82) is 0 Å². The monoisotopic (exact) mass is 454 g/mol. The molecule has 1 unspecified atom stereocenters. The molecule has 1 atom stereocenters. The van der Waals surface area contributed by atoms with E-state index in [0.29, 0.717) is 35.2 Å². The number of hydrogen-bond acceptors (Lipinski definition) is 9. The number of nitrogens with zero attached hydrogens (tertiary/aromatic N) is 5. The van der Waals surface area contributed by atoms with Gasteiger partial charge in [-0.05, 0) is 24.3 Å². The van der Waals surface area contributed by atoms with Gasteiger partial charge in [0.2, 0.25) is 0 Å². The number of benzene rings is 1. The highest BCUT2D eigenvalue weighted by Gasteiger charge is 2.20. The standard InChI is InChI=1S/C21H26N8O2S/c1-12(2)23-9-13(30)10-29-20-18(19(22)24-11-25-20)27-21(29)32-17-8-14(31-3)4-5-15(17)16-6-7-26-28-16/h4-8,11-13,23,30H,9-10H2,1-3H3,(H,26,28)(H2,22,24,25). The maximum absolute atomic E-state index is 10.6. The van der Waals surface area contributed by atoms with Crippen molar-refractivity contribution in [2.24, 2.45) is 0 Å². The molecule has 0 saturated heterocycles. The predicted octanol–water partition coefficient (Wildman–Crippen LogP) is 2.32. The van der Waals surface area contributed by atoms with Gasteiger partial charge < -0.3 is 25.5 Å². The van der Waals surface area contributed by atoms with Gasteiger partial charge in [-0.15, -0.1) is 0 Å². The van der Waals surface area contributed by atoms with Crippen molar-refractivity contribution in [3.63, 3.8) is 0 Å². The number of hydrogen-bond donors (Lipinski definition) is 4. The fraction of sp³-hybridized carbons (Fsp3) is 0.333. The number of ether oxygens (including phenoxy) is 1. The molecule has 3 heterocycles. The lowest BCUT2D eigenvalue weighted by Crippen LogP contribution is -2.34. The minimum absolute atomic E-state index is 0.268. The van der Waals surface area contributed by atoms with Gasteiger partial charge in [-0.3, -0.25) is 5.10 Å². The fourth-order valence-electron chi connectivity index (χ4n) is 3.26.